The first-order valence-electron chi connectivity index (χ1n) is 4.06. The summed E-state index contributed by atoms with van der Waals surface area (Å²) in [5, 5.41) is 21.1. The molecule has 1 aromatic heterocycles. The summed E-state index contributed by atoms with van der Waals surface area (Å²) in [5.74, 6) is -0.470. The Morgan fingerprint density at radius 3 is 2.77 bits per heavy atom. The smallest absolute Gasteiger partial charge is 0.341 e. The van der Waals surface area contributed by atoms with Crippen LogP contribution in [0.4, 0.5) is 0 Å². The molecule has 0 atom stereocenters. The molecular weight excluding hydrogens is 174 g/mol. The molecule has 1 fully saturated rings. The second-order valence-electron chi connectivity index (χ2n) is 3.11. The fraction of sp³-hybridized carbons (Fsp3) is 0.500. The Labute approximate surface area is 74.0 Å². The van der Waals surface area contributed by atoms with Crippen LogP contribution in [-0.2, 0) is 6.61 Å². The van der Waals surface area contributed by atoms with Crippen molar-refractivity contribution in [3.05, 3.63) is 17.0 Å². The van der Waals surface area contributed by atoms with Crippen LogP contribution < -0.4 is 0 Å². The van der Waals surface area contributed by atoms with Crippen LogP contribution in [0.3, 0.4) is 0 Å². The number of aliphatic hydroxyl groups excluding tert-OH is 1. The van der Waals surface area contributed by atoms with Crippen LogP contribution in [0.5, 0.6) is 0 Å². The topological polar surface area (TPSA) is 83.6 Å². The van der Waals surface area contributed by atoms with E-state index in [4.69, 9.17) is 14.7 Å². The lowest BCUT2D eigenvalue weighted by atomic mass is 10.1. The Hall–Kier alpha value is -1.36. The van der Waals surface area contributed by atoms with Crippen LogP contribution in [-0.4, -0.2) is 21.3 Å². The highest BCUT2D eigenvalue weighted by molar-refractivity contribution is 5.90. The van der Waals surface area contributed by atoms with E-state index in [0.29, 0.717) is 5.76 Å². The van der Waals surface area contributed by atoms with Gasteiger partial charge < -0.3 is 14.7 Å². The van der Waals surface area contributed by atoms with E-state index in [-0.39, 0.29) is 17.2 Å². The molecule has 0 radical (unpaired) electrons. The number of aliphatic hydroxyl groups is 1. The SMILES string of the molecule is O=C(O)c1c(CO)noc1C1CC1. The van der Waals surface area contributed by atoms with Gasteiger partial charge in [-0.15, -0.1) is 0 Å². The van der Waals surface area contributed by atoms with Crippen LogP contribution in [0.15, 0.2) is 4.52 Å². The first-order chi connectivity index (χ1) is 6.24. The lowest BCUT2D eigenvalue weighted by molar-refractivity contribution is 0.0691. The van der Waals surface area contributed by atoms with Gasteiger partial charge in [0.05, 0.1) is 6.61 Å². The Kier molecular flexibility index (Phi) is 1.81. The molecule has 2 rings (SSSR count). The minimum atomic E-state index is -1.08. The zero-order valence-electron chi connectivity index (χ0n) is 6.86. The second kappa shape index (κ2) is 2.85. The normalized spacial score (nSPS) is 16.1. The molecule has 1 heterocycles. The maximum Gasteiger partial charge on any atom is 0.341 e. The molecule has 0 aromatic carbocycles. The van der Waals surface area contributed by atoms with Gasteiger partial charge in [0.15, 0.2) is 5.76 Å². The number of carboxylic acids is 1. The third-order valence-corrected chi connectivity index (χ3v) is 2.10. The fourth-order valence-corrected chi connectivity index (χ4v) is 1.30. The molecule has 0 bridgehead atoms. The minimum absolute atomic E-state index is 0.0463. The summed E-state index contributed by atoms with van der Waals surface area (Å²) in [5.41, 5.74) is 0.166. The molecule has 70 valence electrons. The number of hydrogen-bond donors (Lipinski definition) is 2. The van der Waals surface area contributed by atoms with Crippen molar-refractivity contribution < 1.29 is 19.5 Å². The Bertz CT molecular complexity index is 340. The van der Waals surface area contributed by atoms with Gasteiger partial charge in [-0.05, 0) is 12.8 Å². The number of carboxylic acid groups (broad SMARTS) is 1. The van der Waals surface area contributed by atoms with Gasteiger partial charge in [0.25, 0.3) is 0 Å². The van der Waals surface area contributed by atoms with E-state index in [0.717, 1.165) is 12.8 Å². The predicted molar refractivity (Wildman–Crippen MR) is 41.4 cm³/mol. The molecule has 13 heavy (non-hydrogen) atoms. The summed E-state index contributed by atoms with van der Waals surface area (Å²) >= 11 is 0. The van der Waals surface area contributed by atoms with Gasteiger partial charge in [0, 0.05) is 5.92 Å². The van der Waals surface area contributed by atoms with Crippen molar-refractivity contribution in [1.82, 2.24) is 5.16 Å². The molecule has 1 saturated carbocycles. The molecule has 0 spiro atoms. The molecule has 0 unspecified atom stereocenters. The highest BCUT2D eigenvalue weighted by Gasteiger charge is 2.34. The van der Waals surface area contributed by atoms with Gasteiger partial charge in [0.2, 0.25) is 0 Å². The zero-order valence-corrected chi connectivity index (χ0v) is 6.86. The van der Waals surface area contributed by atoms with Gasteiger partial charge in [-0.2, -0.15) is 0 Å². The Morgan fingerprint density at radius 1 is 1.62 bits per heavy atom. The second-order valence-corrected chi connectivity index (χ2v) is 3.11. The minimum Gasteiger partial charge on any atom is -0.477 e. The standard InChI is InChI=1S/C8H9NO4/c10-3-5-6(8(11)12)7(13-9-5)4-1-2-4/h4,10H,1-3H2,(H,11,12). The van der Waals surface area contributed by atoms with Crippen LogP contribution in [0.1, 0.15) is 40.6 Å². The third-order valence-electron chi connectivity index (χ3n) is 2.10. The predicted octanol–water partition coefficient (Wildman–Crippen LogP) is 0.743. The summed E-state index contributed by atoms with van der Waals surface area (Å²) < 4.78 is 4.88. The van der Waals surface area contributed by atoms with Crippen molar-refractivity contribution >= 4 is 5.97 Å². The van der Waals surface area contributed by atoms with Crippen LogP contribution >= 0.6 is 0 Å². The monoisotopic (exact) mass is 183 g/mol. The number of carbonyl (C=O) groups is 1. The molecule has 2 N–H and O–H groups in total. The first kappa shape index (κ1) is 8.25. The van der Waals surface area contributed by atoms with E-state index in [1.54, 1.807) is 0 Å². The summed E-state index contributed by atoms with van der Waals surface area (Å²) in [6, 6.07) is 0. The summed E-state index contributed by atoms with van der Waals surface area (Å²) in [4.78, 5) is 10.8. The Morgan fingerprint density at radius 2 is 2.31 bits per heavy atom. The van der Waals surface area contributed by atoms with Crippen molar-refractivity contribution in [2.45, 2.75) is 25.4 Å². The van der Waals surface area contributed by atoms with Crippen LogP contribution in [0.2, 0.25) is 0 Å². The molecule has 0 aliphatic heterocycles. The fourth-order valence-electron chi connectivity index (χ4n) is 1.30. The van der Waals surface area contributed by atoms with Crippen molar-refractivity contribution in [2.24, 2.45) is 0 Å². The van der Waals surface area contributed by atoms with Crippen molar-refractivity contribution in [3.63, 3.8) is 0 Å². The van der Waals surface area contributed by atoms with Crippen LogP contribution in [0.25, 0.3) is 0 Å². The van der Waals surface area contributed by atoms with E-state index in [1.807, 2.05) is 0 Å². The van der Waals surface area contributed by atoms with E-state index < -0.39 is 12.6 Å². The van der Waals surface area contributed by atoms with Gasteiger partial charge in [-0.1, -0.05) is 5.16 Å². The number of aromatic nitrogens is 1. The summed E-state index contributed by atoms with van der Waals surface area (Å²) in [6.07, 6.45) is 1.89. The molecule has 1 aliphatic rings. The van der Waals surface area contributed by atoms with E-state index >= 15 is 0 Å². The number of rotatable bonds is 3. The lowest BCUT2D eigenvalue weighted by Crippen LogP contribution is -2.02. The highest BCUT2D eigenvalue weighted by atomic mass is 16.5. The average Bonchev–Trinajstić information content (AvgIpc) is 2.84. The van der Waals surface area contributed by atoms with Crippen LogP contribution in [0, 0.1) is 0 Å². The molecule has 1 aromatic rings. The van der Waals surface area contributed by atoms with E-state index in [1.165, 1.54) is 0 Å². The van der Waals surface area contributed by atoms with Crippen molar-refractivity contribution in [2.75, 3.05) is 0 Å². The molecule has 5 nitrogen and oxygen atoms in total. The highest BCUT2D eigenvalue weighted by Crippen LogP contribution is 2.42. The van der Waals surface area contributed by atoms with E-state index in [9.17, 15) is 4.79 Å². The lowest BCUT2D eigenvalue weighted by Gasteiger charge is -1.93. The summed E-state index contributed by atoms with van der Waals surface area (Å²) in [7, 11) is 0. The molecule has 0 saturated heterocycles. The van der Waals surface area contributed by atoms with Gasteiger partial charge in [0.1, 0.15) is 11.3 Å². The van der Waals surface area contributed by atoms with Crippen molar-refractivity contribution in [3.8, 4) is 0 Å². The maximum absolute atomic E-state index is 10.8. The third kappa shape index (κ3) is 1.31. The van der Waals surface area contributed by atoms with Gasteiger partial charge in [-0.3, -0.25) is 0 Å². The van der Waals surface area contributed by atoms with Gasteiger partial charge in [-0.25, -0.2) is 4.79 Å². The maximum atomic E-state index is 10.8. The molecule has 5 heteroatoms. The van der Waals surface area contributed by atoms with Gasteiger partial charge >= 0.3 is 5.97 Å². The number of nitrogens with zero attached hydrogens (tertiary/aromatic N) is 1. The molecular formula is C8H9NO4. The molecule has 1 aliphatic carbocycles. The number of hydrogen-bond acceptors (Lipinski definition) is 4. The van der Waals surface area contributed by atoms with Crippen molar-refractivity contribution in [1.29, 1.82) is 0 Å². The number of aromatic carboxylic acids is 1. The quantitative estimate of drug-likeness (QED) is 0.722. The first-order valence-corrected chi connectivity index (χ1v) is 4.06. The summed E-state index contributed by atoms with van der Waals surface area (Å²) in [6.45, 7) is -0.391. The molecule has 0 amide bonds. The van der Waals surface area contributed by atoms with E-state index in [2.05, 4.69) is 5.16 Å². The largest absolute Gasteiger partial charge is 0.477 e. The average molecular weight is 183 g/mol. The Balaban J connectivity index is 2.44. The zero-order chi connectivity index (χ0) is 9.42.